The molecule has 52 heavy (non-hydrogen) atoms. The number of nitrogens with zero attached hydrogens (tertiary/aromatic N) is 2. The molecule has 284 valence electrons. The third-order valence-corrected chi connectivity index (χ3v) is 10.8. The number of rotatable bonds is 18. The fourth-order valence-electron chi connectivity index (χ4n) is 7.55. The predicted molar refractivity (Wildman–Crippen MR) is 201 cm³/mol. The Kier molecular flexibility index (Phi) is 14.2. The minimum atomic E-state index is -0.971. The zero-order valence-corrected chi connectivity index (χ0v) is 30.9. The number of hydrogen-bond acceptors (Lipinski definition) is 8. The quantitative estimate of drug-likeness (QED) is 0.145. The number of amides is 4. The summed E-state index contributed by atoms with van der Waals surface area (Å²) < 4.78 is 5.38. The van der Waals surface area contributed by atoms with E-state index in [1.54, 1.807) is 0 Å². The molecule has 4 amide bonds. The van der Waals surface area contributed by atoms with Gasteiger partial charge in [0.2, 0.25) is 23.6 Å². The highest BCUT2D eigenvalue weighted by Gasteiger charge is 2.49. The van der Waals surface area contributed by atoms with Gasteiger partial charge in [0, 0.05) is 24.9 Å². The molecule has 3 heterocycles. The van der Waals surface area contributed by atoms with E-state index in [0.29, 0.717) is 51.4 Å². The zero-order valence-electron chi connectivity index (χ0n) is 30.9. The lowest BCUT2D eigenvalue weighted by atomic mass is 9.71. The van der Waals surface area contributed by atoms with Gasteiger partial charge in [-0.05, 0) is 81.6 Å². The molecule has 0 saturated carbocycles. The van der Waals surface area contributed by atoms with Gasteiger partial charge in [-0.25, -0.2) is 0 Å². The number of likely N-dealkylation sites (tertiary alicyclic amines) is 2. The Labute approximate surface area is 308 Å². The van der Waals surface area contributed by atoms with Crippen molar-refractivity contribution in [2.45, 2.75) is 95.4 Å². The smallest absolute Gasteiger partial charge is 0.245 e. The maximum atomic E-state index is 14.0. The van der Waals surface area contributed by atoms with Crippen LogP contribution in [0.3, 0.4) is 0 Å². The number of ether oxygens (including phenoxy) is 1. The van der Waals surface area contributed by atoms with Crippen LogP contribution < -0.4 is 27.4 Å². The molecular weight excluding hydrogens is 658 g/mol. The van der Waals surface area contributed by atoms with E-state index in [4.69, 9.17) is 16.2 Å². The van der Waals surface area contributed by atoms with E-state index in [1.165, 1.54) is 0 Å². The molecule has 2 aromatic carbocycles. The highest BCUT2D eigenvalue weighted by molar-refractivity contribution is 5.95. The second-order valence-corrected chi connectivity index (χ2v) is 15.5. The Morgan fingerprint density at radius 2 is 1.35 bits per heavy atom. The van der Waals surface area contributed by atoms with E-state index < -0.39 is 41.9 Å². The predicted octanol–water partition coefficient (Wildman–Crippen LogP) is 1.75. The Balaban J connectivity index is 1.23. The molecule has 3 saturated heterocycles. The standard InChI is InChI=1S/C40H59N7O5/c1-28(2)21-34(45-38(50)35(23-30-13-7-4-8-14-30)44-36(48)32(42)22-29-11-5-3-6-12-29)37(49)43-33(15-9-10-18-41)39(51)47-26-40(27-47)16-19-46(20-17-40)31-24-52-25-31/h3-8,11-14,28,31-35H,9-10,15-27,41-42H2,1-2H3,(H,43,49)(H,44,48)(H,45,50)/t32-,33-,34?,35-/m1/s1. The number of unbranched alkanes of at least 4 members (excludes halogenated alkanes) is 1. The average Bonchev–Trinajstić information content (AvgIpc) is 3.09. The summed E-state index contributed by atoms with van der Waals surface area (Å²) in [6.07, 6.45) is 4.90. The van der Waals surface area contributed by atoms with Crippen molar-refractivity contribution in [2.24, 2.45) is 22.8 Å². The van der Waals surface area contributed by atoms with Gasteiger partial charge in [-0.1, -0.05) is 74.5 Å². The van der Waals surface area contributed by atoms with Crippen LogP contribution in [0.1, 0.15) is 63.5 Å². The van der Waals surface area contributed by atoms with Crippen LogP contribution in [-0.4, -0.2) is 110 Å². The summed E-state index contributed by atoms with van der Waals surface area (Å²) in [5, 5.41) is 8.82. The van der Waals surface area contributed by atoms with Crippen LogP contribution in [0.25, 0.3) is 0 Å². The van der Waals surface area contributed by atoms with Crippen molar-refractivity contribution in [1.29, 1.82) is 0 Å². The van der Waals surface area contributed by atoms with E-state index >= 15 is 0 Å². The highest BCUT2D eigenvalue weighted by atomic mass is 16.5. The second kappa shape index (κ2) is 18.8. The largest absolute Gasteiger partial charge is 0.378 e. The fraction of sp³-hybridized carbons (Fsp3) is 0.600. The van der Waals surface area contributed by atoms with Crippen LogP contribution in [-0.2, 0) is 36.8 Å². The van der Waals surface area contributed by atoms with Crippen molar-refractivity contribution in [3.8, 4) is 0 Å². The van der Waals surface area contributed by atoms with E-state index in [-0.39, 0.29) is 23.7 Å². The van der Waals surface area contributed by atoms with Crippen molar-refractivity contribution in [3.05, 3.63) is 71.8 Å². The molecule has 12 nitrogen and oxygen atoms in total. The first-order valence-corrected chi connectivity index (χ1v) is 19.1. The fourth-order valence-corrected chi connectivity index (χ4v) is 7.55. The summed E-state index contributed by atoms with van der Waals surface area (Å²) >= 11 is 0. The number of carbonyl (C=O) groups is 4. The molecule has 3 aliphatic rings. The topological polar surface area (TPSA) is 172 Å². The second-order valence-electron chi connectivity index (χ2n) is 15.5. The van der Waals surface area contributed by atoms with Gasteiger partial charge >= 0.3 is 0 Å². The average molecular weight is 718 g/mol. The van der Waals surface area contributed by atoms with Crippen LogP contribution in [0.4, 0.5) is 0 Å². The molecule has 1 spiro atoms. The van der Waals surface area contributed by atoms with Crippen molar-refractivity contribution < 1.29 is 23.9 Å². The molecule has 5 rings (SSSR count). The van der Waals surface area contributed by atoms with Crippen LogP contribution in [0.2, 0.25) is 0 Å². The Morgan fingerprint density at radius 3 is 1.90 bits per heavy atom. The summed E-state index contributed by atoms with van der Waals surface area (Å²) in [5.41, 5.74) is 14.0. The summed E-state index contributed by atoms with van der Waals surface area (Å²) in [6.45, 7) is 9.52. The number of benzene rings is 2. The third kappa shape index (κ3) is 10.8. The van der Waals surface area contributed by atoms with Crippen LogP contribution >= 0.6 is 0 Å². The molecule has 1 unspecified atom stereocenters. The molecule has 0 aliphatic carbocycles. The Bertz CT molecular complexity index is 1460. The van der Waals surface area contributed by atoms with E-state index in [2.05, 4.69) is 20.9 Å². The number of piperidine rings is 1. The first kappa shape index (κ1) is 39.4. The molecule has 12 heteroatoms. The van der Waals surface area contributed by atoms with Crippen molar-refractivity contribution >= 4 is 23.6 Å². The molecule has 7 N–H and O–H groups in total. The van der Waals surface area contributed by atoms with E-state index in [1.807, 2.05) is 79.4 Å². The van der Waals surface area contributed by atoms with Crippen molar-refractivity contribution in [1.82, 2.24) is 25.8 Å². The number of hydrogen-bond donors (Lipinski definition) is 5. The lowest BCUT2D eigenvalue weighted by Crippen LogP contribution is -2.66. The maximum absolute atomic E-state index is 14.0. The van der Waals surface area contributed by atoms with Gasteiger partial charge in [0.25, 0.3) is 0 Å². The van der Waals surface area contributed by atoms with Gasteiger partial charge in [0.05, 0.1) is 25.3 Å². The van der Waals surface area contributed by atoms with Crippen LogP contribution in [0.15, 0.2) is 60.7 Å². The maximum Gasteiger partial charge on any atom is 0.245 e. The van der Waals surface area contributed by atoms with Gasteiger partial charge in [0.1, 0.15) is 18.1 Å². The van der Waals surface area contributed by atoms with E-state index in [0.717, 1.165) is 56.7 Å². The molecule has 4 atom stereocenters. The van der Waals surface area contributed by atoms with Crippen molar-refractivity contribution in [3.63, 3.8) is 0 Å². The first-order chi connectivity index (χ1) is 25.1. The number of nitrogens with one attached hydrogen (secondary N) is 3. The van der Waals surface area contributed by atoms with Gasteiger partial charge < -0.3 is 37.1 Å². The van der Waals surface area contributed by atoms with Gasteiger partial charge in [-0.2, -0.15) is 0 Å². The monoisotopic (exact) mass is 717 g/mol. The van der Waals surface area contributed by atoms with Crippen molar-refractivity contribution in [2.75, 3.05) is 45.9 Å². The Morgan fingerprint density at radius 1 is 0.788 bits per heavy atom. The molecule has 3 aliphatic heterocycles. The molecule has 0 bridgehead atoms. The minimum absolute atomic E-state index is 0.0662. The SMILES string of the molecule is CC(C)CC(NC(=O)[C@@H](Cc1ccccc1)NC(=O)[C@H](N)Cc1ccccc1)C(=O)N[C@H](CCCCN)C(=O)N1CC2(CCN(C3COC3)CC2)C1. The lowest BCUT2D eigenvalue weighted by Gasteiger charge is -2.56. The van der Waals surface area contributed by atoms with Crippen LogP contribution in [0.5, 0.6) is 0 Å². The zero-order chi connectivity index (χ0) is 37.1. The molecule has 3 fully saturated rings. The summed E-state index contributed by atoms with van der Waals surface area (Å²) in [4.78, 5) is 59.6. The molecule has 2 aromatic rings. The highest BCUT2D eigenvalue weighted by Crippen LogP contribution is 2.41. The normalized spacial score (nSPS) is 19.5. The Hall–Kier alpha value is -3.84. The van der Waals surface area contributed by atoms with Gasteiger partial charge in [-0.15, -0.1) is 0 Å². The van der Waals surface area contributed by atoms with E-state index in [9.17, 15) is 19.2 Å². The summed E-state index contributed by atoms with van der Waals surface area (Å²) in [7, 11) is 0. The van der Waals surface area contributed by atoms with Crippen LogP contribution in [0, 0.1) is 11.3 Å². The molecule has 0 radical (unpaired) electrons. The van der Waals surface area contributed by atoms with Gasteiger partial charge in [-0.3, -0.25) is 24.1 Å². The first-order valence-electron chi connectivity index (χ1n) is 19.1. The number of nitrogens with two attached hydrogens (primary N) is 2. The summed E-state index contributed by atoms with van der Waals surface area (Å²) in [5.74, 6) is -1.37. The third-order valence-electron chi connectivity index (χ3n) is 10.8. The lowest BCUT2D eigenvalue weighted by molar-refractivity contribution is -0.153. The summed E-state index contributed by atoms with van der Waals surface area (Å²) in [6, 6.07) is 15.9. The molecule has 0 aromatic heterocycles. The van der Waals surface area contributed by atoms with Gasteiger partial charge in [0.15, 0.2) is 0 Å². The minimum Gasteiger partial charge on any atom is -0.378 e. The number of carbonyl (C=O) groups excluding carboxylic acids is 4. The molecular formula is C40H59N7O5.